The molecule has 0 bridgehead atoms. The van der Waals surface area contributed by atoms with Crippen LogP contribution in [0, 0.1) is 11.3 Å². The fraction of sp³-hybridized carbons (Fsp3) is 0.400. The summed E-state index contributed by atoms with van der Waals surface area (Å²) in [6.07, 6.45) is 3.43. The molecule has 1 saturated heterocycles. The van der Waals surface area contributed by atoms with Crippen LogP contribution in [0.2, 0.25) is 0 Å². The molecule has 1 amide bonds. The average molecular weight is 419 g/mol. The van der Waals surface area contributed by atoms with Crippen LogP contribution >= 0.6 is 0 Å². The molecule has 1 fully saturated rings. The largest absolute Gasteiger partial charge is 0.374 e. The third-order valence-electron chi connectivity index (χ3n) is 6.41. The highest BCUT2D eigenvalue weighted by Crippen LogP contribution is 2.36. The first-order valence-electron chi connectivity index (χ1n) is 10.9. The molecule has 31 heavy (non-hydrogen) atoms. The monoisotopic (exact) mass is 418 g/mol. The Morgan fingerprint density at radius 3 is 1.94 bits per heavy atom. The van der Waals surface area contributed by atoms with Gasteiger partial charge in [-0.1, -0.05) is 86.2 Å². The molecule has 1 aliphatic heterocycles. The van der Waals surface area contributed by atoms with Crippen LogP contribution < -0.4 is 0 Å². The van der Waals surface area contributed by atoms with Gasteiger partial charge in [-0.05, 0) is 35.3 Å². The summed E-state index contributed by atoms with van der Waals surface area (Å²) in [5, 5.41) is 20.5. The average Bonchev–Trinajstić information content (AvgIpc) is 3.29. The van der Waals surface area contributed by atoms with Crippen molar-refractivity contribution in [2.45, 2.75) is 39.2 Å². The number of hydrogen-bond donors (Lipinski definition) is 1. The summed E-state index contributed by atoms with van der Waals surface area (Å²) in [6.45, 7) is 8.15. The molecule has 1 aromatic heterocycles. The lowest BCUT2D eigenvalue weighted by Gasteiger charge is -2.38. The fourth-order valence-electron chi connectivity index (χ4n) is 4.41. The number of hydrogen-bond acceptors (Lipinski definition) is 4. The van der Waals surface area contributed by atoms with E-state index in [9.17, 15) is 9.90 Å². The minimum absolute atomic E-state index is 0.244. The van der Waals surface area contributed by atoms with E-state index in [0.717, 1.165) is 17.6 Å². The molecular weight excluding hydrogens is 388 g/mol. The summed E-state index contributed by atoms with van der Waals surface area (Å²) in [7, 11) is 0. The Kier molecular flexibility index (Phi) is 5.67. The van der Waals surface area contributed by atoms with Crippen LogP contribution in [0.5, 0.6) is 0 Å². The van der Waals surface area contributed by atoms with Crippen molar-refractivity contribution in [3.05, 3.63) is 83.7 Å². The Bertz CT molecular complexity index is 977. The highest BCUT2D eigenvalue weighted by molar-refractivity contribution is 5.75. The lowest BCUT2D eigenvalue weighted by molar-refractivity contribution is 0.115. The number of carbonyl (C=O) groups is 1. The SMILES string of the molecule is CC(C)(C)C1CCN(C(=O)n2ncc(C(O)(c3ccccc3)c3ccccc3)n2)CC1. The van der Waals surface area contributed by atoms with Crippen molar-refractivity contribution >= 4 is 6.03 Å². The highest BCUT2D eigenvalue weighted by Gasteiger charge is 2.38. The normalized spacial score (nSPS) is 15.8. The maximum Gasteiger partial charge on any atom is 0.362 e. The Morgan fingerprint density at radius 1 is 0.935 bits per heavy atom. The summed E-state index contributed by atoms with van der Waals surface area (Å²) in [5.41, 5.74) is 0.412. The van der Waals surface area contributed by atoms with Crippen molar-refractivity contribution in [1.82, 2.24) is 19.9 Å². The van der Waals surface area contributed by atoms with E-state index in [1.165, 1.54) is 6.20 Å². The molecule has 6 heteroatoms. The number of amides is 1. The van der Waals surface area contributed by atoms with Gasteiger partial charge in [-0.25, -0.2) is 4.79 Å². The molecule has 0 aliphatic carbocycles. The van der Waals surface area contributed by atoms with Crippen LogP contribution in [0.1, 0.15) is 50.4 Å². The van der Waals surface area contributed by atoms with Crippen molar-refractivity contribution in [2.75, 3.05) is 13.1 Å². The van der Waals surface area contributed by atoms with Gasteiger partial charge in [-0.15, -0.1) is 5.10 Å². The van der Waals surface area contributed by atoms with Crippen LogP contribution in [0.4, 0.5) is 4.79 Å². The first-order valence-corrected chi connectivity index (χ1v) is 10.9. The number of likely N-dealkylation sites (tertiary alicyclic amines) is 1. The Labute approximate surface area is 183 Å². The van der Waals surface area contributed by atoms with Crippen molar-refractivity contribution in [3.63, 3.8) is 0 Å². The topological polar surface area (TPSA) is 71.2 Å². The quantitative estimate of drug-likeness (QED) is 0.689. The highest BCUT2D eigenvalue weighted by atomic mass is 16.3. The van der Waals surface area contributed by atoms with E-state index in [4.69, 9.17) is 0 Å². The third-order valence-corrected chi connectivity index (χ3v) is 6.41. The van der Waals surface area contributed by atoms with E-state index in [2.05, 4.69) is 31.0 Å². The Balaban J connectivity index is 1.61. The summed E-state index contributed by atoms with van der Waals surface area (Å²) < 4.78 is 0. The third kappa shape index (κ3) is 4.12. The predicted octanol–water partition coefficient (Wildman–Crippen LogP) is 4.29. The molecule has 0 radical (unpaired) electrons. The zero-order valence-electron chi connectivity index (χ0n) is 18.4. The number of rotatable bonds is 3. The van der Waals surface area contributed by atoms with Gasteiger partial charge < -0.3 is 10.0 Å². The van der Waals surface area contributed by atoms with Crippen LogP contribution in [0.15, 0.2) is 66.9 Å². The molecule has 6 nitrogen and oxygen atoms in total. The second-order valence-corrected chi connectivity index (χ2v) is 9.37. The molecule has 0 spiro atoms. The second-order valence-electron chi connectivity index (χ2n) is 9.37. The molecule has 0 saturated carbocycles. The molecule has 1 N–H and O–H groups in total. The van der Waals surface area contributed by atoms with Crippen LogP contribution in [0.25, 0.3) is 0 Å². The number of aromatic nitrogens is 3. The number of piperidine rings is 1. The van der Waals surface area contributed by atoms with Crippen molar-refractivity contribution in [2.24, 2.45) is 11.3 Å². The first kappa shape index (κ1) is 21.2. The molecule has 2 heterocycles. The van der Waals surface area contributed by atoms with Crippen LogP contribution in [-0.4, -0.2) is 44.1 Å². The van der Waals surface area contributed by atoms with E-state index < -0.39 is 5.60 Å². The first-order chi connectivity index (χ1) is 14.8. The minimum Gasteiger partial charge on any atom is -0.374 e. The number of aliphatic hydroxyl groups is 1. The number of nitrogens with zero attached hydrogens (tertiary/aromatic N) is 4. The smallest absolute Gasteiger partial charge is 0.362 e. The summed E-state index contributed by atoms with van der Waals surface area (Å²) in [5.74, 6) is 0.596. The Hall–Kier alpha value is -2.99. The maximum atomic E-state index is 13.1. The summed E-state index contributed by atoms with van der Waals surface area (Å²) >= 11 is 0. The molecule has 4 rings (SSSR count). The van der Waals surface area contributed by atoms with Crippen molar-refractivity contribution < 1.29 is 9.90 Å². The van der Waals surface area contributed by atoms with E-state index in [0.29, 0.717) is 35.8 Å². The lowest BCUT2D eigenvalue weighted by Crippen LogP contribution is -2.44. The molecular formula is C25H30N4O2. The van der Waals surface area contributed by atoms with Crippen LogP contribution in [0.3, 0.4) is 0 Å². The van der Waals surface area contributed by atoms with E-state index in [-0.39, 0.29) is 11.4 Å². The van der Waals surface area contributed by atoms with Crippen molar-refractivity contribution in [3.8, 4) is 0 Å². The van der Waals surface area contributed by atoms with Gasteiger partial charge in [-0.3, -0.25) is 0 Å². The summed E-state index contributed by atoms with van der Waals surface area (Å²) in [6, 6.07) is 18.5. The van der Waals surface area contributed by atoms with Gasteiger partial charge in [0, 0.05) is 13.1 Å². The standard InChI is InChI=1S/C25H30N4O2/c1-24(2,3)19-14-16-28(17-15-19)23(30)29-26-18-22(27-29)25(31,20-10-6-4-7-11-20)21-12-8-5-9-13-21/h4-13,18-19,31H,14-17H2,1-3H3. The predicted molar refractivity (Wildman–Crippen MR) is 120 cm³/mol. The van der Waals surface area contributed by atoms with Gasteiger partial charge in [0.25, 0.3) is 0 Å². The van der Waals surface area contributed by atoms with Crippen molar-refractivity contribution in [1.29, 1.82) is 0 Å². The van der Waals surface area contributed by atoms with E-state index in [1.54, 1.807) is 4.90 Å². The Morgan fingerprint density at radius 2 is 1.45 bits per heavy atom. The van der Waals surface area contributed by atoms with Gasteiger partial charge >= 0.3 is 6.03 Å². The number of carbonyl (C=O) groups excluding carboxylic acids is 1. The minimum atomic E-state index is -1.50. The van der Waals surface area contributed by atoms with E-state index in [1.807, 2.05) is 60.7 Å². The van der Waals surface area contributed by atoms with Gasteiger partial charge in [0.1, 0.15) is 5.69 Å². The molecule has 0 atom stereocenters. The molecule has 0 unspecified atom stereocenters. The zero-order valence-corrected chi connectivity index (χ0v) is 18.4. The van der Waals surface area contributed by atoms with Gasteiger partial charge in [0.05, 0.1) is 6.20 Å². The summed E-state index contributed by atoms with van der Waals surface area (Å²) in [4.78, 5) is 16.0. The second kappa shape index (κ2) is 8.27. The molecule has 162 valence electrons. The number of benzene rings is 2. The maximum absolute atomic E-state index is 13.1. The van der Waals surface area contributed by atoms with Crippen LogP contribution in [-0.2, 0) is 5.60 Å². The van der Waals surface area contributed by atoms with Gasteiger partial charge in [-0.2, -0.15) is 5.10 Å². The fourth-order valence-corrected chi connectivity index (χ4v) is 4.41. The van der Waals surface area contributed by atoms with Gasteiger partial charge in [0.2, 0.25) is 0 Å². The molecule has 2 aromatic carbocycles. The van der Waals surface area contributed by atoms with Gasteiger partial charge in [0.15, 0.2) is 5.60 Å². The van der Waals surface area contributed by atoms with E-state index >= 15 is 0 Å². The molecule has 3 aromatic rings. The lowest BCUT2D eigenvalue weighted by atomic mass is 9.75. The molecule has 1 aliphatic rings. The zero-order chi connectivity index (χ0) is 22.1.